The summed E-state index contributed by atoms with van der Waals surface area (Å²) in [6, 6.07) is 6.05. The standard InChI is InChI=1S/C13H12F3N3O2/c14-13(15,16)12(20,21)7-11(17)9-1-3-10(4-2-9)19-6-5-18-8-19/h1-6,8,17,20-21H,7H2. The van der Waals surface area contributed by atoms with E-state index in [-0.39, 0.29) is 5.56 Å². The summed E-state index contributed by atoms with van der Waals surface area (Å²) in [5, 5.41) is 25.5. The lowest BCUT2D eigenvalue weighted by atomic mass is 10.0. The van der Waals surface area contributed by atoms with E-state index in [0.29, 0.717) is 0 Å². The zero-order valence-electron chi connectivity index (χ0n) is 10.7. The van der Waals surface area contributed by atoms with Gasteiger partial charge in [0.05, 0.1) is 12.7 Å². The molecule has 112 valence electrons. The highest BCUT2D eigenvalue weighted by Gasteiger charge is 2.53. The molecule has 0 bridgehead atoms. The van der Waals surface area contributed by atoms with Crippen molar-refractivity contribution in [1.82, 2.24) is 9.55 Å². The molecule has 8 heteroatoms. The Balaban J connectivity index is 2.14. The lowest BCUT2D eigenvalue weighted by Crippen LogP contribution is -2.46. The van der Waals surface area contributed by atoms with Crippen molar-refractivity contribution < 1.29 is 23.4 Å². The minimum Gasteiger partial charge on any atom is -0.358 e. The first-order valence-corrected chi connectivity index (χ1v) is 5.88. The lowest BCUT2D eigenvalue weighted by Gasteiger charge is -2.24. The molecule has 0 amide bonds. The van der Waals surface area contributed by atoms with E-state index in [0.717, 1.165) is 5.69 Å². The van der Waals surface area contributed by atoms with E-state index in [1.54, 1.807) is 35.4 Å². The van der Waals surface area contributed by atoms with Gasteiger partial charge in [0.2, 0.25) is 0 Å². The number of aromatic nitrogens is 2. The Morgan fingerprint density at radius 1 is 1.19 bits per heavy atom. The molecule has 0 aliphatic heterocycles. The minimum atomic E-state index is -5.21. The van der Waals surface area contributed by atoms with Crippen LogP contribution in [0.3, 0.4) is 0 Å². The largest absolute Gasteiger partial charge is 0.443 e. The van der Waals surface area contributed by atoms with Crippen LogP contribution >= 0.6 is 0 Å². The van der Waals surface area contributed by atoms with Gasteiger partial charge in [-0.15, -0.1) is 0 Å². The third kappa shape index (κ3) is 3.29. The number of halogens is 3. The molecule has 1 aromatic carbocycles. The second-order valence-electron chi connectivity index (χ2n) is 4.49. The summed E-state index contributed by atoms with van der Waals surface area (Å²) in [5.41, 5.74) is 0.379. The number of hydrogen-bond acceptors (Lipinski definition) is 4. The van der Waals surface area contributed by atoms with Crippen molar-refractivity contribution in [2.45, 2.75) is 18.4 Å². The normalized spacial score (nSPS) is 12.4. The molecule has 0 saturated carbocycles. The Labute approximate surface area is 117 Å². The second kappa shape index (κ2) is 5.30. The maximum absolute atomic E-state index is 12.4. The average Bonchev–Trinajstić information content (AvgIpc) is 2.91. The van der Waals surface area contributed by atoms with Crippen LogP contribution in [-0.4, -0.2) is 37.4 Å². The van der Waals surface area contributed by atoms with E-state index in [4.69, 9.17) is 15.6 Å². The molecule has 2 aromatic rings. The molecular formula is C13H12F3N3O2. The summed E-state index contributed by atoms with van der Waals surface area (Å²) in [4.78, 5) is 3.86. The van der Waals surface area contributed by atoms with E-state index >= 15 is 0 Å². The Morgan fingerprint density at radius 2 is 1.81 bits per heavy atom. The fourth-order valence-electron chi connectivity index (χ4n) is 1.70. The maximum atomic E-state index is 12.4. The molecular weight excluding hydrogens is 287 g/mol. The van der Waals surface area contributed by atoms with Crippen molar-refractivity contribution in [1.29, 1.82) is 5.41 Å². The molecule has 5 nitrogen and oxygen atoms in total. The number of alkyl halides is 3. The van der Waals surface area contributed by atoms with Crippen LogP contribution in [0.5, 0.6) is 0 Å². The summed E-state index contributed by atoms with van der Waals surface area (Å²) in [6.07, 6.45) is -1.63. The molecule has 0 aliphatic carbocycles. The van der Waals surface area contributed by atoms with Gasteiger partial charge in [-0.3, -0.25) is 0 Å². The second-order valence-corrected chi connectivity index (χ2v) is 4.49. The molecule has 1 heterocycles. The first-order chi connectivity index (χ1) is 9.71. The van der Waals surface area contributed by atoms with Crippen LogP contribution in [0, 0.1) is 5.41 Å². The maximum Gasteiger partial charge on any atom is 0.443 e. The summed E-state index contributed by atoms with van der Waals surface area (Å²) in [6.45, 7) is 0. The van der Waals surface area contributed by atoms with Crippen LogP contribution in [0.1, 0.15) is 12.0 Å². The Kier molecular flexibility index (Phi) is 3.84. The Hall–Kier alpha value is -2.19. The highest BCUT2D eigenvalue weighted by Crippen LogP contribution is 2.31. The van der Waals surface area contributed by atoms with Gasteiger partial charge in [-0.05, 0) is 17.7 Å². The van der Waals surface area contributed by atoms with Crippen LogP contribution in [0.15, 0.2) is 43.0 Å². The van der Waals surface area contributed by atoms with Gasteiger partial charge in [0, 0.05) is 23.8 Å². The monoisotopic (exact) mass is 299 g/mol. The summed E-state index contributed by atoms with van der Waals surface area (Å²) < 4.78 is 38.7. The first-order valence-electron chi connectivity index (χ1n) is 5.88. The minimum absolute atomic E-state index is 0.176. The lowest BCUT2D eigenvalue weighted by molar-refractivity contribution is -0.344. The van der Waals surface area contributed by atoms with Crippen LogP contribution in [0.2, 0.25) is 0 Å². The number of hydrogen-bond donors (Lipinski definition) is 3. The van der Waals surface area contributed by atoms with Crippen LogP contribution in [0.4, 0.5) is 13.2 Å². The zero-order chi connectivity index (χ0) is 15.7. The summed E-state index contributed by atoms with van der Waals surface area (Å²) in [5.74, 6) is -3.91. The molecule has 0 unspecified atom stereocenters. The van der Waals surface area contributed by atoms with Crippen LogP contribution in [-0.2, 0) is 0 Å². The fraction of sp³-hybridized carbons (Fsp3) is 0.231. The van der Waals surface area contributed by atoms with Crippen molar-refractivity contribution in [2.75, 3.05) is 0 Å². The number of benzene rings is 1. The SMILES string of the molecule is N=C(CC(O)(O)C(F)(F)F)c1ccc(-n2ccnc2)cc1. The van der Waals surface area contributed by atoms with Crippen molar-refractivity contribution in [3.63, 3.8) is 0 Å². The van der Waals surface area contributed by atoms with E-state index in [1.165, 1.54) is 12.1 Å². The van der Waals surface area contributed by atoms with Crippen molar-refractivity contribution >= 4 is 5.71 Å². The Morgan fingerprint density at radius 3 is 2.29 bits per heavy atom. The van der Waals surface area contributed by atoms with Gasteiger partial charge in [0.15, 0.2) is 0 Å². The van der Waals surface area contributed by atoms with Gasteiger partial charge in [-0.25, -0.2) is 4.98 Å². The van der Waals surface area contributed by atoms with Crippen LogP contribution in [0.25, 0.3) is 5.69 Å². The number of nitrogens with zero attached hydrogens (tertiary/aromatic N) is 2. The average molecular weight is 299 g/mol. The van der Waals surface area contributed by atoms with Gasteiger partial charge in [0.1, 0.15) is 0 Å². The molecule has 0 radical (unpaired) electrons. The van der Waals surface area contributed by atoms with Gasteiger partial charge in [0.25, 0.3) is 5.79 Å². The third-order valence-corrected chi connectivity index (χ3v) is 2.90. The fourth-order valence-corrected chi connectivity index (χ4v) is 1.70. The van der Waals surface area contributed by atoms with Crippen molar-refractivity contribution in [2.24, 2.45) is 0 Å². The van der Waals surface area contributed by atoms with Gasteiger partial charge < -0.3 is 20.2 Å². The molecule has 0 spiro atoms. The number of aliphatic hydroxyl groups is 2. The van der Waals surface area contributed by atoms with E-state index in [9.17, 15) is 13.2 Å². The van der Waals surface area contributed by atoms with Crippen molar-refractivity contribution in [3.8, 4) is 5.69 Å². The summed E-state index contributed by atoms with van der Waals surface area (Å²) in [7, 11) is 0. The number of nitrogens with one attached hydrogen (secondary N) is 1. The van der Waals surface area contributed by atoms with Gasteiger partial charge in [-0.1, -0.05) is 12.1 Å². The predicted octanol–water partition coefficient (Wildman–Crippen LogP) is 1.87. The molecule has 2 rings (SSSR count). The molecule has 3 N–H and O–H groups in total. The molecule has 0 aliphatic rings. The van der Waals surface area contributed by atoms with Crippen LogP contribution < -0.4 is 0 Å². The van der Waals surface area contributed by atoms with Gasteiger partial charge >= 0.3 is 6.18 Å². The highest BCUT2D eigenvalue weighted by atomic mass is 19.4. The molecule has 0 saturated heterocycles. The van der Waals surface area contributed by atoms with E-state index in [1.807, 2.05) is 0 Å². The quantitative estimate of drug-likeness (QED) is 0.595. The molecule has 21 heavy (non-hydrogen) atoms. The molecule has 1 aromatic heterocycles. The number of imidazole rings is 1. The first kappa shape index (κ1) is 15.2. The Bertz CT molecular complexity index is 619. The summed E-state index contributed by atoms with van der Waals surface area (Å²) >= 11 is 0. The third-order valence-electron chi connectivity index (χ3n) is 2.90. The van der Waals surface area contributed by atoms with Gasteiger partial charge in [-0.2, -0.15) is 13.2 Å². The zero-order valence-corrected chi connectivity index (χ0v) is 10.7. The smallest absolute Gasteiger partial charge is 0.358 e. The van der Waals surface area contributed by atoms with E-state index < -0.39 is 24.1 Å². The topological polar surface area (TPSA) is 82.1 Å². The van der Waals surface area contributed by atoms with Crippen molar-refractivity contribution in [3.05, 3.63) is 48.5 Å². The van der Waals surface area contributed by atoms with E-state index in [2.05, 4.69) is 4.98 Å². The highest BCUT2D eigenvalue weighted by molar-refractivity contribution is 5.98. The molecule has 0 fully saturated rings. The molecule has 0 atom stereocenters. The number of rotatable bonds is 4. The predicted molar refractivity (Wildman–Crippen MR) is 68.2 cm³/mol.